The highest BCUT2D eigenvalue weighted by molar-refractivity contribution is 9.10. The van der Waals surface area contributed by atoms with Gasteiger partial charge in [-0.2, -0.15) is 0 Å². The summed E-state index contributed by atoms with van der Waals surface area (Å²) in [5.41, 5.74) is 0.821. The van der Waals surface area contributed by atoms with Crippen molar-refractivity contribution < 1.29 is 0 Å². The number of aromatic nitrogens is 4. The minimum atomic E-state index is 0.792. The van der Waals surface area contributed by atoms with Crippen molar-refractivity contribution in [3.8, 4) is 0 Å². The molecule has 5 nitrogen and oxygen atoms in total. The van der Waals surface area contributed by atoms with Crippen molar-refractivity contribution in [2.45, 2.75) is 10.1 Å². The van der Waals surface area contributed by atoms with Gasteiger partial charge in [0.25, 0.3) is 0 Å². The molecule has 0 aliphatic carbocycles. The Bertz CT molecular complexity index is 727. The Kier molecular flexibility index (Phi) is 3.39. The van der Waals surface area contributed by atoms with Gasteiger partial charge < -0.3 is 9.72 Å². The molecule has 7 heteroatoms. The molecule has 0 radical (unpaired) electrons. The van der Waals surface area contributed by atoms with Gasteiger partial charge in [-0.15, -0.1) is 0 Å². The number of halogens is 1. The SMILES string of the molecule is CNc1cn2ccnc2c(Sc2ncccc2Br)n1. The van der Waals surface area contributed by atoms with Crippen molar-refractivity contribution in [3.63, 3.8) is 0 Å². The molecular weight excluding hydrogens is 326 g/mol. The molecule has 0 aliphatic rings. The molecule has 0 amide bonds. The highest BCUT2D eigenvalue weighted by Crippen LogP contribution is 2.32. The summed E-state index contributed by atoms with van der Waals surface area (Å²) in [6.45, 7) is 0. The van der Waals surface area contributed by atoms with Gasteiger partial charge in [-0.25, -0.2) is 15.0 Å². The predicted molar refractivity (Wildman–Crippen MR) is 78.6 cm³/mol. The summed E-state index contributed by atoms with van der Waals surface area (Å²) in [7, 11) is 1.84. The number of anilines is 1. The molecule has 3 aromatic rings. The van der Waals surface area contributed by atoms with Crippen LogP contribution < -0.4 is 5.32 Å². The molecule has 0 aliphatic heterocycles. The number of nitrogens with one attached hydrogen (secondary N) is 1. The molecule has 1 N–H and O–H groups in total. The molecule has 0 fully saturated rings. The van der Waals surface area contributed by atoms with Crippen LogP contribution in [0.1, 0.15) is 0 Å². The number of nitrogens with zero attached hydrogens (tertiary/aromatic N) is 4. The first-order chi connectivity index (χ1) is 9.28. The van der Waals surface area contributed by atoms with Crippen LogP contribution in [0.25, 0.3) is 5.65 Å². The molecule has 0 saturated carbocycles. The third-order valence-corrected chi connectivity index (χ3v) is 4.41. The van der Waals surface area contributed by atoms with Gasteiger partial charge in [0.05, 0.1) is 10.7 Å². The molecule has 3 rings (SSSR count). The van der Waals surface area contributed by atoms with E-state index in [2.05, 4.69) is 36.2 Å². The number of fused-ring (bicyclic) bond motifs is 1. The van der Waals surface area contributed by atoms with Crippen molar-refractivity contribution in [2.75, 3.05) is 12.4 Å². The second-order valence-corrected chi connectivity index (χ2v) is 5.56. The third kappa shape index (κ3) is 2.43. The topological polar surface area (TPSA) is 55.1 Å². The molecule has 0 atom stereocenters. The summed E-state index contributed by atoms with van der Waals surface area (Å²) in [6, 6.07) is 3.84. The maximum absolute atomic E-state index is 4.54. The Morgan fingerprint density at radius 2 is 2.16 bits per heavy atom. The van der Waals surface area contributed by atoms with Gasteiger partial charge in [-0.1, -0.05) is 0 Å². The van der Waals surface area contributed by atoms with E-state index in [1.54, 1.807) is 12.4 Å². The van der Waals surface area contributed by atoms with E-state index in [4.69, 9.17) is 0 Å². The fraction of sp³-hybridized carbons (Fsp3) is 0.0833. The van der Waals surface area contributed by atoms with Crippen molar-refractivity contribution in [3.05, 3.63) is 41.4 Å². The van der Waals surface area contributed by atoms with E-state index >= 15 is 0 Å². The lowest BCUT2D eigenvalue weighted by Gasteiger charge is -2.07. The van der Waals surface area contributed by atoms with Crippen LogP contribution in [0.2, 0.25) is 0 Å². The van der Waals surface area contributed by atoms with E-state index < -0.39 is 0 Å². The van der Waals surface area contributed by atoms with Crippen LogP contribution in [0.3, 0.4) is 0 Å². The zero-order valence-electron chi connectivity index (χ0n) is 10.0. The van der Waals surface area contributed by atoms with Crippen LogP contribution in [0.5, 0.6) is 0 Å². The van der Waals surface area contributed by atoms with Crippen molar-refractivity contribution in [2.24, 2.45) is 0 Å². The van der Waals surface area contributed by atoms with Gasteiger partial charge in [0.15, 0.2) is 5.65 Å². The summed E-state index contributed by atoms with van der Waals surface area (Å²) in [4.78, 5) is 13.2. The van der Waals surface area contributed by atoms with Crippen molar-refractivity contribution >= 4 is 39.2 Å². The minimum Gasteiger partial charge on any atom is -0.372 e. The van der Waals surface area contributed by atoms with Crippen LogP contribution in [-0.4, -0.2) is 26.4 Å². The van der Waals surface area contributed by atoms with E-state index in [1.807, 2.05) is 36.0 Å². The number of imidazole rings is 1. The fourth-order valence-corrected chi connectivity index (χ4v) is 2.98. The third-order valence-electron chi connectivity index (χ3n) is 2.52. The number of pyridine rings is 1. The highest BCUT2D eigenvalue weighted by atomic mass is 79.9. The molecule has 0 saturated heterocycles. The van der Waals surface area contributed by atoms with Crippen molar-refractivity contribution in [1.82, 2.24) is 19.4 Å². The quantitative estimate of drug-likeness (QED) is 0.797. The number of hydrogen-bond donors (Lipinski definition) is 1. The van der Waals surface area contributed by atoms with E-state index in [-0.39, 0.29) is 0 Å². The Hall–Kier alpha value is -1.60. The first-order valence-corrected chi connectivity index (χ1v) is 7.18. The summed E-state index contributed by atoms with van der Waals surface area (Å²) < 4.78 is 2.89. The van der Waals surface area contributed by atoms with Crippen LogP contribution in [0, 0.1) is 0 Å². The van der Waals surface area contributed by atoms with Crippen LogP contribution >= 0.6 is 27.7 Å². The lowest BCUT2D eigenvalue weighted by molar-refractivity contribution is 1.02. The highest BCUT2D eigenvalue weighted by Gasteiger charge is 2.11. The molecule has 3 aromatic heterocycles. The summed E-state index contributed by atoms with van der Waals surface area (Å²) in [5, 5.41) is 4.73. The molecule has 96 valence electrons. The molecule has 0 aromatic carbocycles. The molecule has 0 spiro atoms. The zero-order chi connectivity index (χ0) is 13.2. The summed E-state index contributed by atoms with van der Waals surface area (Å²) >= 11 is 4.98. The predicted octanol–water partition coefficient (Wildman–Crippen LogP) is 3.08. The van der Waals surface area contributed by atoms with Gasteiger partial charge in [-0.3, -0.25) is 0 Å². The second-order valence-electron chi connectivity index (χ2n) is 3.73. The maximum Gasteiger partial charge on any atom is 0.170 e. The first kappa shape index (κ1) is 12.4. The molecule has 0 bridgehead atoms. The Morgan fingerprint density at radius 1 is 1.26 bits per heavy atom. The van der Waals surface area contributed by atoms with Gasteiger partial charge >= 0.3 is 0 Å². The average Bonchev–Trinajstić information content (AvgIpc) is 2.89. The van der Waals surface area contributed by atoms with Gasteiger partial charge in [0, 0.05) is 25.6 Å². The Balaban J connectivity index is 2.09. The van der Waals surface area contributed by atoms with Crippen LogP contribution in [-0.2, 0) is 0 Å². The second kappa shape index (κ2) is 5.18. The molecule has 0 unspecified atom stereocenters. The Labute approximate surface area is 122 Å². The summed E-state index contributed by atoms with van der Waals surface area (Å²) in [6.07, 6.45) is 7.32. The van der Waals surface area contributed by atoms with Gasteiger partial charge in [-0.05, 0) is 39.8 Å². The molecular formula is C12H10BrN5S. The first-order valence-electron chi connectivity index (χ1n) is 5.58. The largest absolute Gasteiger partial charge is 0.372 e. The lowest BCUT2D eigenvalue weighted by atomic mass is 10.5. The van der Waals surface area contributed by atoms with Crippen LogP contribution in [0.4, 0.5) is 5.82 Å². The standard InChI is InChI=1S/C12H10BrN5S/c1-14-9-7-18-6-5-15-10(18)12(17-9)19-11-8(13)3-2-4-16-11/h2-7,14H,1H3. The van der Waals surface area contributed by atoms with Gasteiger partial charge in [0.2, 0.25) is 0 Å². The monoisotopic (exact) mass is 335 g/mol. The van der Waals surface area contributed by atoms with E-state index in [0.717, 1.165) is 26.0 Å². The average molecular weight is 336 g/mol. The number of hydrogen-bond acceptors (Lipinski definition) is 5. The van der Waals surface area contributed by atoms with E-state index in [1.165, 1.54) is 11.8 Å². The lowest BCUT2D eigenvalue weighted by Crippen LogP contribution is -1.98. The maximum atomic E-state index is 4.54. The number of rotatable bonds is 3. The van der Waals surface area contributed by atoms with Crippen LogP contribution in [0.15, 0.2) is 51.4 Å². The van der Waals surface area contributed by atoms with E-state index in [0.29, 0.717) is 0 Å². The fourth-order valence-electron chi connectivity index (χ4n) is 1.63. The summed E-state index contributed by atoms with van der Waals surface area (Å²) in [5.74, 6) is 0.792. The van der Waals surface area contributed by atoms with Gasteiger partial charge in [0.1, 0.15) is 15.9 Å². The Morgan fingerprint density at radius 3 is 2.95 bits per heavy atom. The smallest absolute Gasteiger partial charge is 0.170 e. The van der Waals surface area contributed by atoms with Crippen molar-refractivity contribution in [1.29, 1.82) is 0 Å². The zero-order valence-corrected chi connectivity index (χ0v) is 12.4. The molecule has 19 heavy (non-hydrogen) atoms. The van der Waals surface area contributed by atoms with E-state index in [9.17, 15) is 0 Å². The minimum absolute atomic E-state index is 0.792. The molecule has 3 heterocycles. The normalized spacial score (nSPS) is 10.8.